The number of aliphatic carboxylic acids is 1. The molecule has 0 heterocycles. The number of carboxylic acid groups (broad SMARTS) is 1. The van der Waals surface area contributed by atoms with Gasteiger partial charge in [-0.2, -0.15) is 0 Å². The molecule has 76 valence electrons. The lowest BCUT2D eigenvalue weighted by Gasteiger charge is -2.09. The third-order valence-corrected chi connectivity index (χ3v) is 2.44. The lowest BCUT2D eigenvalue weighted by Crippen LogP contribution is -2.55. The molecule has 0 aliphatic carbocycles. The average Bonchev–Trinajstić information content (AvgIpc) is 2.08. The molecule has 0 fully saturated rings. The first-order chi connectivity index (χ1) is 6.50. The molecule has 0 aliphatic rings. The van der Waals surface area contributed by atoms with E-state index in [0.29, 0.717) is 10.0 Å². The normalized spacial score (nSPS) is 12.5. The van der Waals surface area contributed by atoms with E-state index in [9.17, 15) is 14.3 Å². The van der Waals surface area contributed by atoms with Gasteiger partial charge < -0.3 is 15.6 Å². The molecular formula is C9H9BrFNO2. The predicted octanol–water partition coefficient (Wildman–Crippen LogP) is 0.0112. The van der Waals surface area contributed by atoms with Crippen molar-refractivity contribution in [1.29, 1.82) is 0 Å². The highest BCUT2D eigenvalue weighted by Gasteiger charge is 2.11. The first kappa shape index (κ1) is 11.1. The van der Waals surface area contributed by atoms with E-state index in [1.165, 1.54) is 18.2 Å². The first-order valence-corrected chi connectivity index (χ1v) is 4.78. The second kappa shape index (κ2) is 4.52. The molecule has 1 aromatic carbocycles. The summed E-state index contributed by atoms with van der Waals surface area (Å²) in [5.41, 5.74) is 4.32. The molecule has 3 nitrogen and oxygen atoms in total. The summed E-state index contributed by atoms with van der Waals surface area (Å²) in [6, 6.07) is 3.89. The van der Waals surface area contributed by atoms with Gasteiger partial charge in [-0.25, -0.2) is 4.39 Å². The Morgan fingerprint density at radius 2 is 2.29 bits per heavy atom. The minimum atomic E-state index is -1.16. The number of carbonyl (C=O) groups is 1. The van der Waals surface area contributed by atoms with Crippen LogP contribution in [0.15, 0.2) is 22.7 Å². The van der Waals surface area contributed by atoms with Crippen LogP contribution in [0.1, 0.15) is 18.0 Å². The number of hydrogen-bond donors (Lipinski definition) is 1. The highest BCUT2D eigenvalue weighted by Crippen LogP contribution is 2.20. The standard InChI is InChI=1S/C9H9BrFNO2/c10-6-3-5(1-2-7(6)11)8(12)4-9(13)14/h1-3,8H,4,12H2,(H,13,14)/t8-/m0/s1. The van der Waals surface area contributed by atoms with Crippen LogP contribution < -0.4 is 10.8 Å². The van der Waals surface area contributed by atoms with Crippen LogP contribution in [0, 0.1) is 5.82 Å². The lowest BCUT2D eigenvalue weighted by molar-refractivity contribution is -0.430. The van der Waals surface area contributed by atoms with Gasteiger partial charge in [0.15, 0.2) is 0 Å². The zero-order valence-electron chi connectivity index (χ0n) is 7.30. The monoisotopic (exact) mass is 261 g/mol. The zero-order valence-corrected chi connectivity index (χ0v) is 8.88. The van der Waals surface area contributed by atoms with Gasteiger partial charge in [0.05, 0.1) is 4.47 Å². The van der Waals surface area contributed by atoms with E-state index in [2.05, 4.69) is 21.7 Å². The summed E-state index contributed by atoms with van der Waals surface area (Å²) >= 11 is 3.01. The Labute approximate surface area is 88.9 Å². The third-order valence-electron chi connectivity index (χ3n) is 1.83. The zero-order chi connectivity index (χ0) is 10.7. The SMILES string of the molecule is [NH3+][C@@H](CC(=O)[O-])c1ccc(F)c(Br)c1. The minimum absolute atomic E-state index is 0.169. The molecule has 0 aromatic heterocycles. The van der Waals surface area contributed by atoms with E-state index in [-0.39, 0.29) is 12.2 Å². The Kier molecular flexibility index (Phi) is 3.60. The summed E-state index contributed by atoms with van der Waals surface area (Å²) in [6.07, 6.45) is -0.169. The van der Waals surface area contributed by atoms with Crippen LogP contribution >= 0.6 is 15.9 Å². The Bertz CT molecular complexity index is 357. The quantitative estimate of drug-likeness (QED) is 0.833. The smallest absolute Gasteiger partial charge is 0.137 e. The Morgan fingerprint density at radius 1 is 1.64 bits per heavy atom. The van der Waals surface area contributed by atoms with Crippen molar-refractivity contribution in [2.45, 2.75) is 12.5 Å². The van der Waals surface area contributed by atoms with Crippen molar-refractivity contribution >= 4 is 21.9 Å². The van der Waals surface area contributed by atoms with Crippen molar-refractivity contribution in [1.82, 2.24) is 0 Å². The molecular weight excluding hydrogens is 253 g/mol. The summed E-state index contributed by atoms with van der Waals surface area (Å²) < 4.78 is 13.1. The number of quaternary nitrogens is 1. The predicted molar refractivity (Wildman–Crippen MR) is 49.4 cm³/mol. The maximum atomic E-state index is 12.8. The summed E-state index contributed by atoms with van der Waals surface area (Å²) in [5, 5.41) is 10.3. The number of carbonyl (C=O) groups excluding carboxylic acids is 1. The fraction of sp³-hybridized carbons (Fsp3) is 0.222. The number of rotatable bonds is 3. The van der Waals surface area contributed by atoms with E-state index in [1.807, 2.05) is 0 Å². The molecule has 0 amide bonds. The third kappa shape index (κ3) is 2.78. The first-order valence-electron chi connectivity index (χ1n) is 3.98. The average molecular weight is 262 g/mol. The summed E-state index contributed by atoms with van der Waals surface area (Å²) in [5.74, 6) is -1.54. The molecule has 0 radical (unpaired) electrons. The number of hydrogen-bond acceptors (Lipinski definition) is 2. The Morgan fingerprint density at radius 3 is 2.79 bits per heavy atom. The maximum Gasteiger partial charge on any atom is 0.137 e. The highest BCUT2D eigenvalue weighted by atomic mass is 79.9. The van der Waals surface area contributed by atoms with Crippen molar-refractivity contribution in [2.75, 3.05) is 0 Å². The van der Waals surface area contributed by atoms with E-state index in [4.69, 9.17) is 0 Å². The Hall–Kier alpha value is -0.940. The second-order valence-electron chi connectivity index (χ2n) is 2.95. The van der Waals surface area contributed by atoms with Crippen LogP contribution in [0.3, 0.4) is 0 Å². The van der Waals surface area contributed by atoms with Crippen molar-refractivity contribution in [3.8, 4) is 0 Å². The Balaban J connectivity index is 2.85. The van der Waals surface area contributed by atoms with Crippen LogP contribution in [-0.4, -0.2) is 5.97 Å². The van der Waals surface area contributed by atoms with Crippen LogP contribution in [0.2, 0.25) is 0 Å². The van der Waals surface area contributed by atoms with Gasteiger partial charge in [-0.1, -0.05) is 6.07 Å². The maximum absolute atomic E-state index is 12.8. The topological polar surface area (TPSA) is 67.8 Å². The van der Waals surface area contributed by atoms with Gasteiger partial charge in [0.1, 0.15) is 11.9 Å². The van der Waals surface area contributed by atoms with Crippen LogP contribution in [0.5, 0.6) is 0 Å². The summed E-state index contributed by atoms with van der Waals surface area (Å²) in [4.78, 5) is 10.3. The number of carboxylic acids is 1. The van der Waals surface area contributed by atoms with Crippen molar-refractivity contribution in [3.05, 3.63) is 34.1 Å². The minimum Gasteiger partial charge on any atom is -0.550 e. The van der Waals surface area contributed by atoms with Crippen molar-refractivity contribution < 1.29 is 20.0 Å². The van der Waals surface area contributed by atoms with Gasteiger partial charge in [0, 0.05) is 18.0 Å². The summed E-state index contributed by atoms with van der Waals surface area (Å²) in [6.45, 7) is 0. The molecule has 0 spiro atoms. The van der Waals surface area contributed by atoms with E-state index in [1.54, 1.807) is 0 Å². The van der Waals surface area contributed by atoms with Crippen molar-refractivity contribution in [2.24, 2.45) is 0 Å². The van der Waals surface area contributed by atoms with E-state index >= 15 is 0 Å². The number of halogens is 2. The molecule has 14 heavy (non-hydrogen) atoms. The molecule has 0 saturated heterocycles. The van der Waals surface area contributed by atoms with Crippen molar-refractivity contribution in [3.63, 3.8) is 0 Å². The molecule has 1 aromatic rings. The van der Waals surface area contributed by atoms with Crippen LogP contribution in [0.25, 0.3) is 0 Å². The van der Waals surface area contributed by atoms with Gasteiger partial charge in [-0.3, -0.25) is 0 Å². The molecule has 1 rings (SSSR count). The molecule has 0 aliphatic heterocycles. The molecule has 0 bridgehead atoms. The van der Waals surface area contributed by atoms with Gasteiger partial charge in [-0.05, 0) is 28.1 Å². The lowest BCUT2D eigenvalue weighted by atomic mass is 10.1. The highest BCUT2D eigenvalue weighted by molar-refractivity contribution is 9.10. The van der Waals surface area contributed by atoms with E-state index in [0.717, 1.165) is 0 Å². The fourth-order valence-corrected chi connectivity index (χ4v) is 1.48. The van der Waals surface area contributed by atoms with E-state index < -0.39 is 12.0 Å². The largest absolute Gasteiger partial charge is 0.550 e. The number of benzene rings is 1. The van der Waals surface area contributed by atoms with Gasteiger partial charge in [-0.15, -0.1) is 0 Å². The fourth-order valence-electron chi connectivity index (χ4n) is 1.09. The molecule has 3 N–H and O–H groups in total. The molecule has 5 heteroatoms. The summed E-state index contributed by atoms with van der Waals surface area (Å²) in [7, 11) is 0. The van der Waals surface area contributed by atoms with Gasteiger partial charge >= 0.3 is 0 Å². The van der Waals surface area contributed by atoms with Gasteiger partial charge in [0.2, 0.25) is 0 Å². The molecule has 1 atom stereocenters. The second-order valence-corrected chi connectivity index (χ2v) is 3.80. The van der Waals surface area contributed by atoms with Crippen LogP contribution in [-0.2, 0) is 4.79 Å². The van der Waals surface area contributed by atoms with Gasteiger partial charge in [0.25, 0.3) is 0 Å². The molecule has 0 saturated carbocycles. The molecule has 0 unspecified atom stereocenters. The van der Waals surface area contributed by atoms with Crippen LogP contribution in [0.4, 0.5) is 4.39 Å².